The fourth-order valence-electron chi connectivity index (χ4n) is 1.40. The average molecular weight is 246 g/mol. The summed E-state index contributed by atoms with van der Waals surface area (Å²) in [5.41, 5.74) is 6.34. The van der Waals surface area contributed by atoms with Crippen molar-refractivity contribution in [3.8, 4) is 0 Å². The predicted molar refractivity (Wildman–Crippen MR) is 64.4 cm³/mol. The van der Waals surface area contributed by atoms with Gasteiger partial charge in [0.2, 0.25) is 0 Å². The minimum absolute atomic E-state index is 0.0883. The van der Waals surface area contributed by atoms with Crippen LogP contribution in [0.3, 0.4) is 0 Å². The Morgan fingerprint density at radius 1 is 1.39 bits per heavy atom. The van der Waals surface area contributed by atoms with E-state index in [4.69, 9.17) is 10.8 Å². The number of benzene rings is 1. The van der Waals surface area contributed by atoms with E-state index in [9.17, 15) is 9.59 Å². The number of rotatable bonds is 3. The number of H-pyrrole nitrogens is 1. The molecule has 1 heterocycles. The third kappa shape index (κ3) is 2.29. The van der Waals surface area contributed by atoms with Crippen LogP contribution in [0.1, 0.15) is 20.8 Å². The van der Waals surface area contributed by atoms with Gasteiger partial charge in [-0.25, -0.2) is 4.79 Å². The quantitative estimate of drug-likeness (QED) is 0.642. The third-order valence-electron chi connectivity index (χ3n) is 2.26. The van der Waals surface area contributed by atoms with Crippen LogP contribution in [0.5, 0.6) is 0 Å². The molecule has 0 radical (unpaired) electrons. The Hall–Kier alpha value is -2.83. The molecule has 1 aromatic carbocycles. The van der Waals surface area contributed by atoms with Crippen molar-refractivity contribution >= 4 is 23.3 Å². The van der Waals surface area contributed by atoms with Crippen LogP contribution >= 0.6 is 0 Å². The minimum Gasteiger partial charge on any atom is -0.478 e. The van der Waals surface area contributed by atoms with E-state index < -0.39 is 11.9 Å². The van der Waals surface area contributed by atoms with Gasteiger partial charge in [0, 0.05) is 5.69 Å². The molecule has 5 N–H and O–H groups in total. The normalized spacial score (nSPS) is 10.0. The number of carboxylic acids is 1. The summed E-state index contributed by atoms with van der Waals surface area (Å²) in [6.07, 6.45) is 1.32. The van der Waals surface area contributed by atoms with Gasteiger partial charge in [-0.3, -0.25) is 9.89 Å². The SMILES string of the molecule is Nc1cn[nH]c1C(=O)Nc1cccc(C(=O)O)c1. The van der Waals surface area contributed by atoms with E-state index >= 15 is 0 Å². The molecule has 18 heavy (non-hydrogen) atoms. The van der Waals surface area contributed by atoms with Gasteiger partial charge in [-0.05, 0) is 18.2 Å². The number of nitrogens with one attached hydrogen (secondary N) is 2. The number of nitrogens with zero attached hydrogens (tertiary/aromatic N) is 1. The lowest BCUT2D eigenvalue weighted by molar-refractivity contribution is 0.0696. The number of amides is 1. The molecule has 0 bridgehead atoms. The van der Waals surface area contributed by atoms with Gasteiger partial charge in [-0.1, -0.05) is 6.07 Å². The monoisotopic (exact) mass is 246 g/mol. The molecule has 0 spiro atoms. The Kier molecular flexibility index (Phi) is 2.96. The number of aromatic carboxylic acids is 1. The van der Waals surface area contributed by atoms with Crippen LogP contribution in [0.2, 0.25) is 0 Å². The summed E-state index contributed by atoms with van der Waals surface area (Å²) in [6.45, 7) is 0. The number of aromatic nitrogens is 2. The highest BCUT2D eigenvalue weighted by Gasteiger charge is 2.12. The second-order valence-electron chi connectivity index (χ2n) is 3.54. The lowest BCUT2D eigenvalue weighted by Crippen LogP contribution is -2.14. The third-order valence-corrected chi connectivity index (χ3v) is 2.26. The van der Waals surface area contributed by atoms with Crippen molar-refractivity contribution in [2.24, 2.45) is 0 Å². The molecule has 92 valence electrons. The van der Waals surface area contributed by atoms with Crippen molar-refractivity contribution in [2.45, 2.75) is 0 Å². The van der Waals surface area contributed by atoms with Crippen LogP contribution < -0.4 is 11.1 Å². The molecule has 0 atom stereocenters. The van der Waals surface area contributed by atoms with Gasteiger partial charge < -0.3 is 16.2 Å². The second-order valence-corrected chi connectivity index (χ2v) is 3.54. The number of carbonyl (C=O) groups is 2. The van der Waals surface area contributed by atoms with E-state index in [0.717, 1.165) is 0 Å². The molecule has 0 aliphatic heterocycles. The standard InChI is InChI=1S/C11H10N4O3/c12-8-5-13-15-9(8)10(16)14-7-3-1-2-6(4-7)11(17)18/h1-5H,12H2,(H,13,15)(H,14,16)(H,17,18). The van der Waals surface area contributed by atoms with Crippen LogP contribution in [0.4, 0.5) is 11.4 Å². The number of aromatic amines is 1. The van der Waals surface area contributed by atoms with Crippen molar-refractivity contribution in [1.82, 2.24) is 10.2 Å². The van der Waals surface area contributed by atoms with Crippen LogP contribution in [-0.4, -0.2) is 27.2 Å². The number of anilines is 2. The van der Waals surface area contributed by atoms with Crippen molar-refractivity contribution in [3.63, 3.8) is 0 Å². The van der Waals surface area contributed by atoms with Crippen LogP contribution in [-0.2, 0) is 0 Å². The number of carboxylic acid groups (broad SMARTS) is 1. The van der Waals surface area contributed by atoms with Gasteiger partial charge in [-0.15, -0.1) is 0 Å². The first kappa shape index (κ1) is 11.6. The fourth-order valence-corrected chi connectivity index (χ4v) is 1.40. The van der Waals surface area contributed by atoms with E-state index in [1.54, 1.807) is 6.07 Å². The van der Waals surface area contributed by atoms with E-state index in [2.05, 4.69) is 15.5 Å². The Balaban J connectivity index is 2.20. The maximum absolute atomic E-state index is 11.8. The maximum Gasteiger partial charge on any atom is 0.335 e. The smallest absolute Gasteiger partial charge is 0.335 e. The van der Waals surface area contributed by atoms with Gasteiger partial charge >= 0.3 is 5.97 Å². The molecule has 0 saturated heterocycles. The van der Waals surface area contributed by atoms with Crippen LogP contribution in [0, 0.1) is 0 Å². The largest absolute Gasteiger partial charge is 0.478 e. The van der Waals surface area contributed by atoms with Crippen LogP contribution in [0.15, 0.2) is 30.5 Å². The molecule has 0 fully saturated rings. The molecule has 1 amide bonds. The minimum atomic E-state index is -1.06. The summed E-state index contributed by atoms with van der Waals surface area (Å²) in [5.74, 6) is -1.54. The van der Waals surface area contributed by atoms with Gasteiger partial charge in [0.1, 0.15) is 5.69 Å². The highest BCUT2D eigenvalue weighted by atomic mass is 16.4. The second kappa shape index (κ2) is 4.58. The first-order valence-corrected chi connectivity index (χ1v) is 5.01. The molecule has 1 aromatic heterocycles. The number of carbonyl (C=O) groups excluding carboxylic acids is 1. The predicted octanol–water partition coefficient (Wildman–Crippen LogP) is 0.942. The zero-order chi connectivity index (χ0) is 13.1. The zero-order valence-corrected chi connectivity index (χ0v) is 9.18. The van der Waals surface area contributed by atoms with Gasteiger partial charge in [0.15, 0.2) is 0 Å². The summed E-state index contributed by atoms with van der Waals surface area (Å²) in [7, 11) is 0. The summed E-state index contributed by atoms with van der Waals surface area (Å²) in [4.78, 5) is 22.5. The topological polar surface area (TPSA) is 121 Å². The van der Waals surface area contributed by atoms with Crippen molar-refractivity contribution < 1.29 is 14.7 Å². The van der Waals surface area contributed by atoms with E-state index in [1.165, 1.54) is 24.4 Å². The number of hydrogen-bond donors (Lipinski definition) is 4. The van der Waals surface area contributed by atoms with Crippen molar-refractivity contribution in [1.29, 1.82) is 0 Å². The van der Waals surface area contributed by atoms with Gasteiger partial charge in [-0.2, -0.15) is 5.10 Å². The highest BCUT2D eigenvalue weighted by molar-refractivity contribution is 6.06. The summed E-state index contributed by atoms with van der Waals surface area (Å²) in [5, 5.41) is 17.4. The molecule has 7 nitrogen and oxygen atoms in total. The Bertz CT molecular complexity index is 606. The molecule has 2 aromatic rings. The van der Waals surface area contributed by atoms with Gasteiger partial charge in [0.05, 0.1) is 17.4 Å². The van der Waals surface area contributed by atoms with Crippen LogP contribution in [0.25, 0.3) is 0 Å². The first-order valence-electron chi connectivity index (χ1n) is 5.01. The fraction of sp³-hybridized carbons (Fsp3) is 0. The molecular formula is C11H10N4O3. The Morgan fingerprint density at radius 2 is 2.17 bits per heavy atom. The van der Waals surface area contributed by atoms with E-state index in [0.29, 0.717) is 5.69 Å². The highest BCUT2D eigenvalue weighted by Crippen LogP contribution is 2.13. The Labute approximate surface area is 102 Å². The van der Waals surface area contributed by atoms with Crippen molar-refractivity contribution in [3.05, 3.63) is 41.7 Å². The average Bonchev–Trinajstić information content (AvgIpc) is 2.76. The number of nitrogen functional groups attached to an aromatic ring is 1. The van der Waals surface area contributed by atoms with E-state index in [1.807, 2.05) is 0 Å². The molecular weight excluding hydrogens is 236 g/mol. The molecule has 0 unspecified atom stereocenters. The summed E-state index contributed by atoms with van der Waals surface area (Å²) >= 11 is 0. The molecule has 0 saturated carbocycles. The molecule has 0 aliphatic rings. The van der Waals surface area contributed by atoms with Crippen molar-refractivity contribution in [2.75, 3.05) is 11.1 Å². The summed E-state index contributed by atoms with van der Waals surface area (Å²) in [6, 6.07) is 5.90. The first-order chi connectivity index (χ1) is 8.58. The zero-order valence-electron chi connectivity index (χ0n) is 9.18. The molecule has 2 rings (SSSR count). The number of hydrogen-bond acceptors (Lipinski definition) is 4. The molecule has 7 heteroatoms. The Morgan fingerprint density at radius 3 is 2.78 bits per heavy atom. The maximum atomic E-state index is 11.8. The lowest BCUT2D eigenvalue weighted by atomic mass is 10.2. The van der Waals surface area contributed by atoms with Gasteiger partial charge in [0.25, 0.3) is 5.91 Å². The number of nitrogens with two attached hydrogens (primary N) is 1. The molecule has 0 aliphatic carbocycles. The van der Waals surface area contributed by atoms with E-state index in [-0.39, 0.29) is 16.9 Å². The lowest BCUT2D eigenvalue weighted by Gasteiger charge is -2.05. The summed E-state index contributed by atoms with van der Waals surface area (Å²) < 4.78 is 0.